The Balaban J connectivity index is 0.00000361. The van der Waals surface area contributed by atoms with Crippen molar-refractivity contribution < 1.29 is 9.84 Å². The van der Waals surface area contributed by atoms with Crippen LogP contribution in [-0.4, -0.2) is 30.3 Å². The van der Waals surface area contributed by atoms with E-state index in [1.54, 1.807) is 13.2 Å². The molecule has 0 aromatic heterocycles. The highest BCUT2D eigenvalue weighted by atomic mass is 127. The summed E-state index contributed by atoms with van der Waals surface area (Å²) < 4.78 is 5.11. The zero-order valence-corrected chi connectivity index (χ0v) is 14.7. The first-order valence-corrected chi connectivity index (χ1v) is 6.22. The van der Waals surface area contributed by atoms with Crippen molar-refractivity contribution in [3.63, 3.8) is 0 Å². The summed E-state index contributed by atoms with van der Waals surface area (Å²) in [5.41, 5.74) is 6.36. The van der Waals surface area contributed by atoms with Gasteiger partial charge in [0.25, 0.3) is 0 Å². The molecular weight excluding hydrogens is 369 g/mol. The van der Waals surface area contributed by atoms with E-state index in [-0.39, 0.29) is 36.1 Å². The van der Waals surface area contributed by atoms with Crippen LogP contribution in [0.15, 0.2) is 29.3 Å². The molecule has 0 saturated heterocycles. The van der Waals surface area contributed by atoms with Gasteiger partial charge in [-0.05, 0) is 38.5 Å². The average Bonchev–Trinajstić information content (AvgIpc) is 2.34. The summed E-state index contributed by atoms with van der Waals surface area (Å²) in [6.07, 6.45) is -0.699. The van der Waals surface area contributed by atoms with Crippen LogP contribution in [-0.2, 0) is 0 Å². The fourth-order valence-corrected chi connectivity index (χ4v) is 1.56. The predicted molar refractivity (Wildman–Crippen MR) is 92.7 cm³/mol. The van der Waals surface area contributed by atoms with Crippen molar-refractivity contribution in [3.8, 4) is 5.75 Å². The van der Waals surface area contributed by atoms with E-state index in [1.807, 2.05) is 39.0 Å². The van der Waals surface area contributed by atoms with Crippen LogP contribution < -0.4 is 15.8 Å². The van der Waals surface area contributed by atoms with Crippen LogP contribution in [0, 0.1) is 0 Å². The van der Waals surface area contributed by atoms with Gasteiger partial charge in [0.05, 0.1) is 19.8 Å². The molecule has 1 atom stereocenters. The van der Waals surface area contributed by atoms with Crippen molar-refractivity contribution in [2.45, 2.75) is 32.4 Å². The molecule has 1 aromatic carbocycles. The lowest BCUT2D eigenvalue weighted by Gasteiger charge is -2.21. The molecule has 0 aliphatic carbocycles. The third-order valence-electron chi connectivity index (χ3n) is 2.42. The number of ether oxygens (including phenoxy) is 1. The van der Waals surface area contributed by atoms with Crippen LogP contribution in [0.1, 0.15) is 32.4 Å². The Morgan fingerprint density at radius 3 is 2.65 bits per heavy atom. The maximum atomic E-state index is 10.0. The zero-order valence-electron chi connectivity index (χ0n) is 12.4. The molecule has 0 fully saturated rings. The number of aliphatic hydroxyl groups excluding tert-OH is 1. The number of hydrogen-bond acceptors (Lipinski definition) is 3. The normalized spacial score (nSPS) is 13.3. The number of nitrogens with zero attached hydrogens (tertiary/aromatic N) is 1. The molecule has 0 saturated carbocycles. The molecule has 6 heteroatoms. The number of aliphatic hydroxyl groups is 1. The van der Waals surface area contributed by atoms with Gasteiger partial charge in [0, 0.05) is 5.54 Å². The van der Waals surface area contributed by atoms with Crippen molar-refractivity contribution in [1.82, 2.24) is 5.32 Å². The third kappa shape index (κ3) is 6.95. The van der Waals surface area contributed by atoms with E-state index in [4.69, 9.17) is 10.5 Å². The number of hydrogen-bond donors (Lipinski definition) is 3. The molecule has 0 spiro atoms. The number of rotatable bonds is 4. The minimum atomic E-state index is -0.699. The largest absolute Gasteiger partial charge is 0.497 e. The molecule has 1 rings (SSSR count). The predicted octanol–water partition coefficient (Wildman–Crippen LogP) is 2.05. The monoisotopic (exact) mass is 393 g/mol. The lowest BCUT2D eigenvalue weighted by atomic mass is 10.1. The van der Waals surface area contributed by atoms with E-state index < -0.39 is 6.10 Å². The second kappa shape index (κ2) is 8.31. The van der Waals surface area contributed by atoms with Gasteiger partial charge in [-0.25, -0.2) is 0 Å². The summed E-state index contributed by atoms with van der Waals surface area (Å²) in [6, 6.07) is 7.27. The Labute approximate surface area is 137 Å². The number of nitrogens with one attached hydrogen (secondary N) is 1. The maximum Gasteiger partial charge on any atom is 0.189 e. The molecule has 114 valence electrons. The van der Waals surface area contributed by atoms with Crippen LogP contribution in [0.5, 0.6) is 5.75 Å². The summed E-state index contributed by atoms with van der Waals surface area (Å²) >= 11 is 0. The molecule has 1 unspecified atom stereocenters. The second-order valence-electron chi connectivity index (χ2n) is 5.39. The standard InChI is InChI=1S/C14H23N3O2.HI/c1-14(2,3)17-13(15)16-9-12(18)10-6-5-7-11(8-10)19-4;/h5-8,12,18H,9H2,1-4H3,(H3,15,16,17);1H. The van der Waals surface area contributed by atoms with E-state index in [9.17, 15) is 5.11 Å². The Morgan fingerprint density at radius 1 is 1.45 bits per heavy atom. The summed E-state index contributed by atoms with van der Waals surface area (Å²) in [4.78, 5) is 4.13. The summed E-state index contributed by atoms with van der Waals surface area (Å²) in [5.74, 6) is 1.04. The first kappa shape index (κ1) is 19.0. The van der Waals surface area contributed by atoms with Gasteiger partial charge in [0.2, 0.25) is 0 Å². The number of benzene rings is 1. The minimum absolute atomic E-state index is 0. The van der Waals surface area contributed by atoms with Crippen LogP contribution in [0.25, 0.3) is 0 Å². The van der Waals surface area contributed by atoms with Gasteiger partial charge in [-0.2, -0.15) is 0 Å². The Morgan fingerprint density at radius 2 is 2.10 bits per heavy atom. The number of nitrogens with two attached hydrogens (primary N) is 1. The molecule has 4 N–H and O–H groups in total. The van der Waals surface area contributed by atoms with E-state index in [0.29, 0.717) is 11.7 Å². The lowest BCUT2D eigenvalue weighted by molar-refractivity contribution is 0.186. The second-order valence-corrected chi connectivity index (χ2v) is 5.39. The topological polar surface area (TPSA) is 79.9 Å². The Bertz CT molecular complexity index is 444. The van der Waals surface area contributed by atoms with Gasteiger partial charge in [-0.1, -0.05) is 12.1 Å². The summed E-state index contributed by atoms with van der Waals surface area (Å²) in [7, 11) is 1.59. The molecule has 0 aliphatic rings. The van der Waals surface area contributed by atoms with Crippen LogP contribution in [0.2, 0.25) is 0 Å². The fourth-order valence-electron chi connectivity index (χ4n) is 1.56. The highest BCUT2D eigenvalue weighted by Gasteiger charge is 2.11. The third-order valence-corrected chi connectivity index (χ3v) is 2.42. The number of guanidine groups is 1. The van der Waals surface area contributed by atoms with Crippen LogP contribution in [0.3, 0.4) is 0 Å². The van der Waals surface area contributed by atoms with Crippen molar-refractivity contribution in [3.05, 3.63) is 29.8 Å². The van der Waals surface area contributed by atoms with Gasteiger partial charge in [-0.15, -0.1) is 24.0 Å². The first-order chi connectivity index (χ1) is 8.81. The van der Waals surface area contributed by atoms with Crippen molar-refractivity contribution >= 4 is 29.9 Å². The van der Waals surface area contributed by atoms with Gasteiger partial charge < -0.3 is 20.9 Å². The molecule has 5 nitrogen and oxygen atoms in total. The van der Waals surface area contributed by atoms with Crippen LogP contribution >= 0.6 is 24.0 Å². The summed E-state index contributed by atoms with van der Waals surface area (Å²) in [6.45, 7) is 6.19. The zero-order chi connectivity index (χ0) is 14.5. The van der Waals surface area contributed by atoms with E-state index in [0.717, 1.165) is 5.56 Å². The fraction of sp³-hybridized carbons (Fsp3) is 0.500. The average molecular weight is 393 g/mol. The lowest BCUT2D eigenvalue weighted by Crippen LogP contribution is -2.45. The quantitative estimate of drug-likeness (QED) is 0.416. The van der Waals surface area contributed by atoms with Gasteiger partial charge >= 0.3 is 0 Å². The Kier molecular flexibility index (Phi) is 7.88. The highest BCUT2D eigenvalue weighted by molar-refractivity contribution is 14.0. The molecular formula is C14H24IN3O2. The molecule has 0 amide bonds. The van der Waals surface area contributed by atoms with Crippen LogP contribution in [0.4, 0.5) is 0 Å². The number of aliphatic imine (C=N–C) groups is 1. The molecule has 0 aliphatic heterocycles. The number of methoxy groups -OCH3 is 1. The molecule has 1 aromatic rings. The smallest absolute Gasteiger partial charge is 0.189 e. The van der Waals surface area contributed by atoms with Gasteiger partial charge in [0.15, 0.2) is 5.96 Å². The molecule has 0 radical (unpaired) electrons. The molecule has 20 heavy (non-hydrogen) atoms. The minimum Gasteiger partial charge on any atom is -0.497 e. The van der Waals surface area contributed by atoms with E-state index >= 15 is 0 Å². The number of halogens is 1. The molecule has 0 bridgehead atoms. The van der Waals surface area contributed by atoms with E-state index in [1.165, 1.54) is 0 Å². The SMILES string of the molecule is COc1cccc(C(O)CN=C(N)NC(C)(C)C)c1.I. The Hall–Kier alpha value is -1.02. The van der Waals surface area contributed by atoms with Crippen molar-refractivity contribution in [1.29, 1.82) is 0 Å². The highest BCUT2D eigenvalue weighted by Crippen LogP contribution is 2.19. The van der Waals surface area contributed by atoms with Crippen molar-refractivity contribution in [2.75, 3.05) is 13.7 Å². The molecule has 0 heterocycles. The van der Waals surface area contributed by atoms with Gasteiger partial charge in [-0.3, -0.25) is 4.99 Å². The first-order valence-electron chi connectivity index (χ1n) is 6.22. The summed E-state index contributed by atoms with van der Waals surface area (Å²) in [5, 5.41) is 13.1. The van der Waals surface area contributed by atoms with E-state index in [2.05, 4.69) is 10.3 Å². The maximum absolute atomic E-state index is 10.0. The van der Waals surface area contributed by atoms with Gasteiger partial charge in [0.1, 0.15) is 5.75 Å². The van der Waals surface area contributed by atoms with Crippen molar-refractivity contribution in [2.24, 2.45) is 10.7 Å².